The Morgan fingerprint density at radius 3 is 2.70 bits per heavy atom. The Kier molecular flexibility index (Phi) is 5.77. The summed E-state index contributed by atoms with van der Waals surface area (Å²) in [4.78, 5) is 25.9. The first kappa shape index (κ1) is 18.5. The van der Waals surface area contributed by atoms with Gasteiger partial charge in [-0.15, -0.1) is 0 Å². The number of aliphatic imine (C=N–C) groups is 1. The molecule has 3 rings (SSSR count). The van der Waals surface area contributed by atoms with Gasteiger partial charge in [-0.3, -0.25) is 0 Å². The van der Waals surface area contributed by atoms with Crippen molar-refractivity contribution in [1.82, 2.24) is 15.0 Å². The molecule has 0 aliphatic rings. The third-order valence-corrected chi connectivity index (χ3v) is 4.32. The minimum absolute atomic E-state index is 0.531. The van der Waals surface area contributed by atoms with Gasteiger partial charge >= 0.3 is 0 Å². The first-order chi connectivity index (χ1) is 13.1. The van der Waals surface area contributed by atoms with Gasteiger partial charge in [0.25, 0.3) is 0 Å². The molecule has 0 fully saturated rings. The summed E-state index contributed by atoms with van der Waals surface area (Å²) in [6, 6.07) is 9.85. The summed E-state index contributed by atoms with van der Waals surface area (Å²) in [7, 11) is 0. The monoisotopic (exact) mass is 376 g/mol. The Hall–Kier alpha value is -3.27. The number of rotatable bonds is 7. The third kappa shape index (κ3) is 4.29. The summed E-state index contributed by atoms with van der Waals surface area (Å²) in [5.41, 5.74) is 4.67. The fourth-order valence-corrected chi connectivity index (χ4v) is 2.94. The van der Waals surface area contributed by atoms with Crippen LogP contribution in [0.4, 0.5) is 0 Å². The molecular formula is C21H17ClN4O. The molecule has 3 aromatic rings. The second kappa shape index (κ2) is 8.41. The number of allylic oxidation sites excluding steroid dienone is 2. The molecule has 0 bridgehead atoms. The molecule has 0 unspecified atom stereocenters. The van der Waals surface area contributed by atoms with E-state index in [1.165, 1.54) is 12.2 Å². The van der Waals surface area contributed by atoms with Crippen LogP contribution in [0.5, 0.6) is 0 Å². The molecular weight excluding hydrogens is 360 g/mol. The number of aromatic nitrogens is 3. The fourth-order valence-electron chi connectivity index (χ4n) is 2.68. The largest absolute Gasteiger partial charge is 0.337 e. The molecule has 2 aromatic heterocycles. The predicted octanol–water partition coefficient (Wildman–Crippen LogP) is 5.26. The van der Waals surface area contributed by atoms with Gasteiger partial charge in [-0.05, 0) is 36.6 Å². The number of carbonyl (C=O) groups excluding carboxylic acids is 1. The Morgan fingerprint density at radius 2 is 2.04 bits per heavy atom. The predicted molar refractivity (Wildman–Crippen MR) is 109 cm³/mol. The van der Waals surface area contributed by atoms with E-state index < -0.39 is 0 Å². The Labute approximate surface area is 161 Å². The minimum atomic E-state index is 0.531. The van der Waals surface area contributed by atoms with Crippen LogP contribution in [0.2, 0.25) is 5.02 Å². The number of aryl methyl sites for hydroxylation is 1. The highest BCUT2D eigenvalue weighted by Crippen LogP contribution is 2.29. The van der Waals surface area contributed by atoms with Crippen molar-refractivity contribution in [2.24, 2.45) is 4.99 Å². The maximum atomic E-state index is 10.3. The zero-order valence-electron chi connectivity index (χ0n) is 14.6. The lowest BCUT2D eigenvalue weighted by Crippen LogP contribution is -1.89. The van der Waals surface area contributed by atoms with Crippen LogP contribution >= 0.6 is 11.6 Å². The molecule has 0 spiro atoms. The molecule has 0 saturated heterocycles. The van der Waals surface area contributed by atoms with Gasteiger partial charge in [-0.2, -0.15) is 4.99 Å². The second-order valence-corrected chi connectivity index (χ2v) is 6.20. The number of benzene rings is 1. The summed E-state index contributed by atoms with van der Waals surface area (Å²) in [6.07, 6.45) is 8.10. The summed E-state index contributed by atoms with van der Waals surface area (Å²) in [5.74, 6) is 0.659. The highest BCUT2D eigenvalue weighted by Gasteiger charge is 2.10. The van der Waals surface area contributed by atoms with Crippen LogP contribution in [0, 0.1) is 0 Å². The van der Waals surface area contributed by atoms with Gasteiger partial charge in [0.05, 0.1) is 21.9 Å². The van der Waals surface area contributed by atoms with E-state index in [1.54, 1.807) is 6.08 Å². The summed E-state index contributed by atoms with van der Waals surface area (Å²) in [5, 5.41) is 0.555. The van der Waals surface area contributed by atoms with E-state index in [9.17, 15) is 4.79 Å². The molecule has 2 heterocycles. The van der Waals surface area contributed by atoms with Crippen molar-refractivity contribution in [1.29, 1.82) is 0 Å². The van der Waals surface area contributed by atoms with E-state index >= 15 is 0 Å². The number of nitrogens with one attached hydrogen (secondary N) is 1. The van der Waals surface area contributed by atoms with Crippen LogP contribution in [0.3, 0.4) is 0 Å². The number of imidazole rings is 1. The van der Waals surface area contributed by atoms with Crippen LogP contribution in [0.15, 0.2) is 66.3 Å². The average Bonchev–Trinajstić information content (AvgIpc) is 3.09. The highest BCUT2D eigenvalue weighted by molar-refractivity contribution is 6.33. The first-order valence-corrected chi connectivity index (χ1v) is 8.71. The molecule has 134 valence electrons. The summed E-state index contributed by atoms with van der Waals surface area (Å²) < 4.78 is 0. The molecule has 0 saturated carbocycles. The lowest BCUT2D eigenvalue weighted by Gasteiger charge is -2.05. The normalized spacial score (nSPS) is 11.2. The fraction of sp³-hybridized carbons (Fsp3) is 0.0952. The van der Waals surface area contributed by atoms with Crippen molar-refractivity contribution in [2.45, 2.75) is 12.8 Å². The van der Waals surface area contributed by atoms with Crippen molar-refractivity contribution in [3.05, 3.63) is 77.7 Å². The first-order valence-electron chi connectivity index (χ1n) is 8.33. The van der Waals surface area contributed by atoms with Crippen LogP contribution in [-0.4, -0.2) is 21.0 Å². The van der Waals surface area contributed by atoms with Gasteiger partial charge in [0.15, 0.2) is 5.65 Å². The molecule has 0 amide bonds. The molecule has 0 radical (unpaired) electrons. The second-order valence-electron chi connectivity index (χ2n) is 5.79. The number of pyridine rings is 1. The third-order valence-electron chi connectivity index (χ3n) is 4.04. The summed E-state index contributed by atoms with van der Waals surface area (Å²) >= 11 is 6.40. The minimum Gasteiger partial charge on any atom is -0.337 e. The molecule has 1 aromatic carbocycles. The van der Waals surface area contributed by atoms with Crippen LogP contribution in [0.25, 0.3) is 28.5 Å². The number of hydrogen-bond donors (Lipinski definition) is 1. The van der Waals surface area contributed by atoms with Gasteiger partial charge < -0.3 is 4.98 Å². The Balaban J connectivity index is 1.80. The van der Waals surface area contributed by atoms with Crippen molar-refractivity contribution in [2.75, 3.05) is 0 Å². The van der Waals surface area contributed by atoms with E-state index in [0.29, 0.717) is 27.9 Å². The zero-order chi connectivity index (χ0) is 19.2. The van der Waals surface area contributed by atoms with Crippen molar-refractivity contribution in [3.63, 3.8) is 0 Å². The van der Waals surface area contributed by atoms with Gasteiger partial charge in [0, 0.05) is 5.56 Å². The van der Waals surface area contributed by atoms with Crippen molar-refractivity contribution >= 4 is 34.9 Å². The van der Waals surface area contributed by atoms with Crippen molar-refractivity contribution < 1.29 is 4.79 Å². The molecule has 0 atom stereocenters. The number of nitrogens with zero attached hydrogens (tertiary/aromatic N) is 3. The maximum Gasteiger partial charge on any atom is 0.240 e. The number of aromatic amines is 1. The zero-order valence-corrected chi connectivity index (χ0v) is 15.3. The molecule has 0 aliphatic heterocycles. The molecule has 6 heteroatoms. The van der Waals surface area contributed by atoms with Crippen LogP contribution in [0.1, 0.15) is 17.8 Å². The van der Waals surface area contributed by atoms with E-state index in [0.717, 1.165) is 29.5 Å². The smallest absolute Gasteiger partial charge is 0.240 e. The average molecular weight is 377 g/mol. The highest BCUT2D eigenvalue weighted by atomic mass is 35.5. The van der Waals surface area contributed by atoms with E-state index in [2.05, 4.69) is 33.1 Å². The Morgan fingerprint density at radius 1 is 1.26 bits per heavy atom. The molecule has 0 aliphatic carbocycles. The lowest BCUT2D eigenvalue weighted by molar-refractivity contribution is 0.565. The Bertz CT molecular complexity index is 1070. The van der Waals surface area contributed by atoms with E-state index in [-0.39, 0.29) is 0 Å². The molecule has 27 heavy (non-hydrogen) atoms. The van der Waals surface area contributed by atoms with Gasteiger partial charge in [-0.1, -0.05) is 55.1 Å². The topological polar surface area (TPSA) is 71.0 Å². The standard InChI is InChI=1S/C21H17ClN4O/c1-3-16(23-13-27)7-5-6-14-8-10-15(11-9-14)20-17(22)12-18-21(26-20)25-19(4-2)24-18/h3-4,7-12H,1-2,5-6H2,(H,24,25,26)/b16-7-. The van der Waals surface area contributed by atoms with Crippen LogP contribution in [-0.2, 0) is 11.2 Å². The van der Waals surface area contributed by atoms with E-state index in [4.69, 9.17) is 11.6 Å². The number of H-pyrrole nitrogens is 1. The molecule has 5 nitrogen and oxygen atoms in total. The summed E-state index contributed by atoms with van der Waals surface area (Å²) in [6.45, 7) is 7.32. The lowest BCUT2D eigenvalue weighted by atomic mass is 10.0. The van der Waals surface area contributed by atoms with E-state index in [1.807, 2.05) is 36.4 Å². The number of fused-ring (bicyclic) bond motifs is 1. The molecule has 1 N–H and O–H groups in total. The quantitative estimate of drug-likeness (QED) is 0.347. The maximum absolute atomic E-state index is 10.3. The van der Waals surface area contributed by atoms with Gasteiger partial charge in [-0.25, -0.2) is 14.8 Å². The van der Waals surface area contributed by atoms with Crippen LogP contribution < -0.4 is 0 Å². The number of isocyanates is 1. The van der Waals surface area contributed by atoms with Gasteiger partial charge in [0.1, 0.15) is 5.82 Å². The number of halogens is 1. The number of hydrogen-bond acceptors (Lipinski definition) is 4. The SMILES string of the molecule is C=C/C(=C/CCc1ccc(-c2nc3nc(C=C)[nH]c3cc2Cl)cc1)N=C=O. The van der Waals surface area contributed by atoms with Gasteiger partial charge in [0.2, 0.25) is 6.08 Å². The van der Waals surface area contributed by atoms with Crippen molar-refractivity contribution in [3.8, 4) is 11.3 Å².